The second-order valence-corrected chi connectivity index (χ2v) is 6.29. The normalized spacial score (nSPS) is 12.0. The highest BCUT2D eigenvalue weighted by molar-refractivity contribution is 7.89. The summed E-state index contributed by atoms with van der Waals surface area (Å²) in [6, 6.07) is 12.6. The second-order valence-electron chi connectivity index (χ2n) is 4.73. The fraction of sp³-hybridized carbons (Fsp3) is 0.0714. The molecule has 0 aliphatic rings. The minimum absolute atomic E-state index is 0.134. The van der Waals surface area contributed by atoms with Gasteiger partial charge in [-0.15, -0.1) is 0 Å². The Hall–Kier alpha value is -2.59. The predicted molar refractivity (Wildman–Crippen MR) is 80.9 cm³/mol. The molecule has 1 heterocycles. The molecule has 0 fully saturated rings. The Bertz CT molecular complexity index is 1010. The first kappa shape index (κ1) is 17.8. The van der Waals surface area contributed by atoms with E-state index < -0.39 is 22.2 Å². The Balaban J connectivity index is 0.000000256. The molecule has 0 saturated heterocycles. The first-order valence-electron chi connectivity index (χ1n) is 6.33. The molecule has 0 radical (unpaired) electrons. The number of sulfonamides is 1. The van der Waals surface area contributed by atoms with Crippen molar-refractivity contribution in [3.8, 4) is 0 Å². The molecule has 1 aromatic heterocycles. The standard InChI is InChI=1S/C12H10N2O2S.C2HF3O2/c13-17(15,16)8-5-6-12-10(7-8)9-3-1-2-4-11(9)14-12;3-2(4,5)1(6)7/h1-7,14H,(H2,13,15,16);(H,6,7). The monoisotopic (exact) mass is 360 g/mol. The molecule has 0 aliphatic heterocycles. The summed E-state index contributed by atoms with van der Waals surface area (Å²) < 4.78 is 54.3. The van der Waals surface area contributed by atoms with E-state index in [9.17, 15) is 21.6 Å². The molecule has 4 N–H and O–H groups in total. The van der Waals surface area contributed by atoms with Gasteiger partial charge >= 0.3 is 12.1 Å². The highest BCUT2D eigenvalue weighted by Crippen LogP contribution is 2.26. The Morgan fingerprint density at radius 3 is 2.12 bits per heavy atom. The minimum Gasteiger partial charge on any atom is -0.475 e. The van der Waals surface area contributed by atoms with Crippen molar-refractivity contribution >= 4 is 37.8 Å². The van der Waals surface area contributed by atoms with Crippen LogP contribution in [0.15, 0.2) is 47.4 Å². The maximum atomic E-state index is 11.3. The van der Waals surface area contributed by atoms with Gasteiger partial charge in [0.05, 0.1) is 4.90 Å². The van der Waals surface area contributed by atoms with E-state index in [0.717, 1.165) is 21.8 Å². The largest absolute Gasteiger partial charge is 0.490 e. The number of carbonyl (C=O) groups is 1. The first-order chi connectivity index (χ1) is 11.0. The van der Waals surface area contributed by atoms with Gasteiger partial charge in [0.15, 0.2) is 0 Å². The molecule has 6 nitrogen and oxygen atoms in total. The van der Waals surface area contributed by atoms with Crippen LogP contribution >= 0.6 is 0 Å². The Morgan fingerprint density at radius 1 is 1.04 bits per heavy atom. The minimum atomic E-state index is -5.08. The van der Waals surface area contributed by atoms with Gasteiger partial charge in [-0.2, -0.15) is 13.2 Å². The van der Waals surface area contributed by atoms with Crippen molar-refractivity contribution in [3.63, 3.8) is 0 Å². The third-order valence-corrected chi connectivity index (χ3v) is 3.96. The van der Waals surface area contributed by atoms with E-state index in [-0.39, 0.29) is 4.90 Å². The Morgan fingerprint density at radius 2 is 1.58 bits per heavy atom. The smallest absolute Gasteiger partial charge is 0.475 e. The molecule has 3 rings (SSSR count). The van der Waals surface area contributed by atoms with E-state index in [2.05, 4.69) is 4.98 Å². The molecule has 2 aromatic carbocycles. The average molecular weight is 360 g/mol. The van der Waals surface area contributed by atoms with E-state index >= 15 is 0 Å². The first-order valence-corrected chi connectivity index (χ1v) is 7.88. The number of halogens is 3. The van der Waals surface area contributed by atoms with Gasteiger partial charge < -0.3 is 10.1 Å². The lowest BCUT2D eigenvalue weighted by Crippen LogP contribution is -2.21. The van der Waals surface area contributed by atoms with Gasteiger partial charge in [-0.1, -0.05) is 18.2 Å². The van der Waals surface area contributed by atoms with E-state index in [1.54, 1.807) is 12.1 Å². The third kappa shape index (κ3) is 3.84. The van der Waals surface area contributed by atoms with Gasteiger partial charge in [0.25, 0.3) is 0 Å². The van der Waals surface area contributed by atoms with Gasteiger partial charge in [0.2, 0.25) is 10.0 Å². The molecule has 0 amide bonds. The number of aromatic nitrogens is 1. The van der Waals surface area contributed by atoms with Crippen LogP contribution in [-0.4, -0.2) is 30.7 Å². The maximum absolute atomic E-state index is 11.3. The number of nitrogens with one attached hydrogen (secondary N) is 1. The lowest BCUT2D eigenvalue weighted by Gasteiger charge is -1.97. The number of H-pyrrole nitrogens is 1. The number of primary sulfonamides is 1. The molecule has 0 spiro atoms. The Labute approximate surface area is 133 Å². The van der Waals surface area contributed by atoms with E-state index in [0.29, 0.717) is 0 Å². The summed E-state index contributed by atoms with van der Waals surface area (Å²) in [5.74, 6) is -2.76. The highest BCUT2D eigenvalue weighted by Gasteiger charge is 2.38. The quantitative estimate of drug-likeness (QED) is 0.619. The molecular weight excluding hydrogens is 349 g/mol. The van der Waals surface area contributed by atoms with Crippen molar-refractivity contribution in [2.75, 3.05) is 0 Å². The lowest BCUT2D eigenvalue weighted by atomic mass is 10.1. The molecule has 0 atom stereocenters. The fourth-order valence-corrected chi connectivity index (χ4v) is 2.54. The van der Waals surface area contributed by atoms with Crippen LogP contribution in [0.3, 0.4) is 0 Å². The van der Waals surface area contributed by atoms with Crippen molar-refractivity contribution < 1.29 is 31.5 Å². The summed E-state index contributed by atoms with van der Waals surface area (Å²) in [4.78, 5) is 12.3. The number of nitrogens with two attached hydrogens (primary N) is 1. The predicted octanol–water partition coefficient (Wildman–Crippen LogP) is 2.60. The van der Waals surface area contributed by atoms with Crippen molar-refractivity contribution in [2.24, 2.45) is 5.14 Å². The SMILES string of the molecule is NS(=O)(=O)c1ccc2[nH]c3ccccc3c2c1.O=C(O)C(F)(F)F. The van der Waals surface area contributed by atoms with Gasteiger partial charge in [0, 0.05) is 21.8 Å². The van der Waals surface area contributed by atoms with Crippen LogP contribution in [0, 0.1) is 0 Å². The zero-order valence-corrected chi connectivity index (χ0v) is 12.6. The summed E-state index contributed by atoms with van der Waals surface area (Å²) in [6.45, 7) is 0. The molecule has 128 valence electrons. The zero-order chi connectivity index (χ0) is 18.1. The van der Waals surface area contributed by atoms with Crippen molar-refractivity contribution in [2.45, 2.75) is 11.1 Å². The van der Waals surface area contributed by atoms with Crippen molar-refractivity contribution in [1.82, 2.24) is 4.98 Å². The molecule has 0 unspecified atom stereocenters. The molecule has 10 heteroatoms. The summed E-state index contributed by atoms with van der Waals surface area (Å²) in [7, 11) is -3.65. The number of aromatic amines is 1. The summed E-state index contributed by atoms with van der Waals surface area (Å²) in [5, 5.41) is 14.1. The second kappa shape index (κ2) is 6.13. The number of para-hydroxylation sites is 1. The topological polar surface area (TPSA) is 113 Å². The number of rotatable bonds is 1. The van der Waals surface area contributed by atoms with Gasteiger partial charge in [-0.3, -0.25) is 0 Å². The highest BCUT2D eigenvalue weighted by atomic mass is 32.2. The molecule has 0 bridgehead atoms. The number of hydrogen-bond acceptors (Lipinski definition) is 3. The van der Waals surface area contributed by atoms with Gasteiger partial charge in [-0.25, -0.2) is 18.4 Å². The molecule has 24 heavy (non-hydrogen) atoms. The summed E-state index contributed by atoms with van der Waals surface area (Å²) in [6.07, 6.45) is -5.08. The summed E-state index contributed by atoms with van der Waals surface area (Å²) >= 11 is 0. The van der Waals surface area contributed by atoms with E-state index in [1.165, 1.54) is 6.07 Å². The van der Waals surface area contributed by atoms with Gasteiger partial charge in [-0.05, 0) is 24.3 Å². The van der Waals surface area contributed by atoms with Crippen molar-refractivity contribution in [1.29, 1.82) is 0 Å². The van der Waals surface area contributed by atoms with Gasteiger partial charge in [0.1, 0.15) is 0 Å². The van der Waals surface area contributed by atoms with Crippen LogP contribution < -0.4 is 5.14 Å². The van der Waals surface area contributed by atoms with Crippen molar-refractivity contribution in [3.05, 3.63) is 42.5 Å². The maximum Gasteiger partial charge on any atom is 0.490 e. The van der Waals surface area contributed by atoms with Crippen LogP contribution in [0.1, 0.15) is 0 Å². The number of benzene rings is 2. The molecular formula is C14H11F3N2O4S. The fourth-order valence-electron chi connectivity index (χ4n) is 2.00. The average Bonchev–Trinajstić information content (AvgIpc) is 2.83. The number of carboxylic acid groups (broad SMARTS) is 1. The number of aliphatic carboxylic acids is 1. The number of hydrogen-bond donors (Lipinski definition) is 3. The van der Waals surface area contributed by atoms with Crippen LogP contribution in [0.2, 0.25) is 0 Å². The Kier molecular flexibility index (Phi) is 4.54. The summed E-state index contributed by atoms with van der Waals surface area (Å²) in [5.41, 5.74) is 1.88. The van der Waals surface area contributed by atoms with E-state index in [1.807, 2.05) is 24.3 Å². The number of fused-ring (bicyclic) bond motifs is 3. The van der Waals surface area contributed by atoms with E-state index in [4.69, 9.17) is 15.0 Å². The van der Waals surface area contributed by atoms with Crippen LogP contribution in [0.5, 0.6) is 0 Å². The molecule has 0 saturated carbocycles. The third-order valence-electron chi connectivity index (χ3n) is 3.05. The number of carboxylic acids is 1. The molecule has 3 aromatic rings. The molecule has 0 aliphatic carbocycles. The lowest BCUT2D eigenvalue weighted by molar-refractivity contribution is -0.192. The van der Waals surface area contributed by atoms with Crippen LogP contribution in [0.25, 0.3) is 21.8 Å². The zero-order valence-electron chi connectivity index (χ0n) is 11.8. The number of alkyl halides is 3. The van der Waals surface area contributed by atoms with Crippen LogP contribution in [0.4, 0.5) is 13.2 Å². The van der Waals surface area contributed by atoms with Crippen LogP contribution in [-0.2, 0) is 14.8 Å².